The van der Waals surface area contributed by atoms with Gasteiger partial charge in [0.15, 0.2) is 0 Å². The Bertz CT molecular complexity index is 461. The Morgan fingerprint density at radius 3 is 2.43 bits per heavy atom. The first-order valence-corrected chi connectivity index (χ1v) is 11.5. The first-order chi connectivity index (χ1) is 9.95. The molecular weight excluding hydrogens is 276 g/mol. The highest BCUT2D eigenvalue weighted by Gasteiger charge is 2.22. The van der Waals surface area contributed by atoms with Crippen molar-refractivity contribution >= 4 is 19.2 Å². The van der Waals surface area contributed by atoms with Gasteiger partial charge >= 0.3 is 0 Å². The van der Waals surface area contributed by atoms with Gasteiger partial charge in [0, 0.05) is 19.0 Å². The summed E-state index contributed by atoms with van der Waals surface area (Å²) < 4.78 is 0. The van der Waals surface area contributed by atoms with Crippen LogP contribution < -0.4 is 15.8 Å². The zero-order chi connectivity index (χ0) is 15.3. The van der Waals surface area contributed by atoms with Gasteiger partial charge in [0.2, 0.25) is 5.91 Å². The highest BCUT2D eigenvalue weighted by molar-refractivity contribution is 6.88. The van der Waals surface area contributed by atoms with Crippen LogP contribution in [0.4, 0.5) is 0 Å². The van der Waals surface area contributed by atoms with Gasteiger partial charge in [-0.15, -0.1) is 0 Å². The molecule has 1 aliphatic rings. The largest absolute Gasteiger partial charge is 0.353 e. The lowest BCUT2D eigenvalue weighted by atomic mass is 10.2. The molecule has 1 amide bonds. The molecule has 0 heterocycles. The summed E-state index contributed by atoms with van der Waals surface area (Å²) in [6.45, 7) is 8.89. The van der Waals surface area contributed by atoms with Gasteiger partial charge in [0.25, 0.3) is 0 Å². The molecule has 0 atom stereocenters. The van der Waals surface area contributed by atoms with Crippen LogP contribution in [0, 0.1) is 0 Å². The van der Waals surface area contributed by atoms with Crippen molar-refractivity contribution in [3.8, 4) is 0 Å². The van der Waals surface area contributed by atoms with Crippen LogP contribution in [0.1, 0.15) is 31.2 Å². The van der Waals surface area contributed by atoms with E-state index in [-0.39, 0.29) is 5.91 Å². The van der Waals surface area contributed by atoms with Crippen LogP contribution in [-0.2, 0) is 11.3 Å². The summed E-state index contributed by atoms with van der Waals surface area (Å²) >= 11 is 0. The van der Waals surface area contributed by atoms with E-state index in [1.165, 1.54) is 10.8 Å². The molecule has 4 heteroatoms. The number of benzene rings is 1. The Morgan fingerprint density at radius 2 is 1.86 bits per heavy atom. The molecule has 0 aromatic heterocycles. The molecule has 1 aliphatic carbocycles. The molecular formula is C17H28N2OSi. The third-order valence-electron chi connectivity index (χ3n) is 3.85. The fraction of sp³-hybridized carbons (Fsp3) is 0.588. The van der Waals surface area contributed by atoms with Gasteiger partial charge in [-0.05, 0) is 31.4 Å². The highest BCUT2D eigenvalue weighted by atomic mass is 28.3. The maximum Gasteiger partial charge on any atom is 0.220 e. The zero-order valence-corrected chi connectivity index (χ0v) is 14.5. The quantitative estimate of drug-likeness (QED) is 0.572. The molecule has 1 fully saturated rings. The summed E-state index contributed by atoms with van der Waals surface area (Å²) in [5.74, 6) is 0.207. The Labute approximate surface area is 129 Å². The van der Waals surface area contributed by atoms with Gasteiger partial charge in [-0.25, -0.2) is 0 Å². The van der Waals surface area contributed by atoms with Gasteiger partial charge < -0.3 is 10.6 Å². The van der Waals surface area contributed by atoms with Crippen LogP contribution >= 0.6 is 0 Å². The molecule has 1 aromatic carbocycles. The maximum absolute atomic E-state index is 11.5. The minimum atomic E-state index is -1.19. The van der Waals surface area contributed by atoms with Crippen LogP contribution in [0.15, 0.2) is 24.3 Å². The van der Waals surface area contributed by atoms with Crippen LogP contribution in [0.25, 0.3) is 0 Å². The van der Waals surface area contributed by atoms with E-state index in [2.05, 4.69) is 54.5 Å². The normalized spacial score (nSPS) is 15.0. The van der Waals surface area contributed by atoms with E-state index in [9.17, 15) is 4.79 Å². The summed E-state index contributed by atoms with van der Waals surface area (Å²) in [5, 5.41) is 7.94. The second-order valence-corrected chi connectivity index (χ2v) is 12.1. The molecule has 0 bridgehead atoms. The molecule has 0 aliphatic heterocycles. The van der Waals surface area contributed by atoms with Crippen molar-refractivity contribution in [2.45, 2.75) is 57.9 Å². The third-order valence-corrected chi connectivity index (χ3v) is 5.91. The third kappa shape index (κ3) is 6.02. The van der Waals surface area contributed by atoms with Crippen molar-refractivity contribution < 1.29 is 4.79 Å². The summed E-state index contributed by atoms with van der Waals surface area (Å²) in [6.07, 6.45) is 3.87. The second kappa shape index (κ2) is 7.23. The van der Waals surface area contributed by atoms with E-state index in [1.54, 1.807) is 0 Å². The molecule has 2 rings (SSSR count). The lowest BCUT2D eigenvalue weighted by molar-refractivity contribution is -0.121. The van der Waals surface area contributed by atoms with Gasteiger partial charge in [-0.1, -0.05) is 49.1 Å². The fourth-order valence-electron chi connectivity index (χ4n) is 2.26. The number of carbonyl (C=O) groups is 1. The van der Waals surface area contributed by atoms with Crippen LogP contribution in [-0.4, -0.2) is 26.6 Å². The molecule has 21 heavy (non-hydrogen) atoms. The minimum Gasteiger partial charge on any atom is -0.353 e. The van der Waals surface area contributed by atoms with Crippen molar-refractivity contribution in [1.29, 1.82) is 0 Å². The Morgan fingerprint density at radius 1 is 1.19 bits per heavy atom. The van der Waals surface area contributed by atoms with E-state index in [4.69, 9.17) is 0 Å². The van der Waals surface area contributed by atoms with Crippen molar-refractivity contribution in [2.24, 2.45) is 0 Å². The molecule has 2 N–H and O–H groups in total. The molecule has 0 radical (unpaired) electrons. The Kier molecular flexibility index (Phi) is 5.59. The van der Waals surface area contributed by atoms with Crippen LogP contribution in [0.2, 0.25) is 19.6 Å². The zero-order valence-electron chi connectivity index (χ0n) is 13.5. The van der Waals surface area contributed by atoms with Gasteiger partial charge in [-0.2, -0.15) is 0 Å². The molecule has 1 aromatic rings. The fourth-order valence-corrected chi connectivity index (χ4v) is 3.42. The average molecular weight is 305 g/mol. The van der Waals surface area contributed by atoms with Crippen LogP contribution in [0.3, 0.4) is 0 Å². The van der Waals surface area contributed by atoms with Crippen molar-refractivity contribution in [1.82, 2.24) is 10.6 Å². The predicted molar refractivity (Wildman–Crippen MR) is 91.5 cm³/mol. The highest BCUT2D eigenvalue weighted by Crippen LogP contribution is 2.18. The summed E-state index contributed by atoms with van der Waals surface area (Å²) in [6, 6.07) is 9.47. The number of hydrogen-bond acceptors (Lipinski definition) is 2. The maximum atomic E-state index is 11.5. The second-order valence-electron chi connectivity index (χ2n) is 7.07. The standard InChI is InChI=1S/C17H28N2OSi/c1-21(2,3)16-10-6-14(7-11-16)13-18-12-4-5-17(20)19-15-8-9-15/h6-7,10-11,15,18H,4-5,8-9,12-13H2,1-3H3,(H,19,20). The predicted octanol–water partition coefficient (Wildman–Crippen LogP) is 2.38. The number of nitrogens with one attached hydrogen (secondary N) is 2. The van der Waals surface area contributed by atoms with Crippen molar-refractivity contribution in [3.63, 3.8) is 0 Å². The van der Waals surface area contributed by atoms with E-state index >= 15 is 0 Å². The summed E-state index contributed by atoms with van der Waals surface area (Å²) in [7, 11) is -1.19. The first-order valence-electron chi connectivity index (χ1n) is 8.04. The first kappa shape index (κ1) is 16.2. The van der Waals surface area contributed by atoms with Crippen molar-refractivity contribution in [3.05, 3.63) is 29.8 Å². The number of amides is 1. The minimum absolute atomic E-state index is 0.207. The number of hydrogen-bond donors (Lipinski definition) is 2. The molecule has 116 valence electrons. The molecule has 3 nitrogen and oxygen atoms in total. The van der Waals surface area contributed by atoms with E-state index in [1.807, 2.05) is 0 Å². The van der Waals surface area contributed by atoms with E-state index in [0.29, 0.717) is 12.5 Å². The lowest BCUT2D eigenvalue weighted by Crippen LogP contribution is -2.37. The SMILES string of the molecule is C[Si](C)(C)c1ccc(CNCCCC(=O)NC2CC2)cc1. The number of carbonyl (C=O) groups excluding carboxylic acids is 1. The monoisotopic (exact) mass is 304 g/mol. The smallest absolute Gasteiger partial charge is 0.220 e. The Hall–Kier alpha value is -1.13. The average Bonchev–Trinajstić information content (AvgIpc) is 3.22. The Balaban J connectivity index is 1.60. The van der Waals surface area contributed by atoms with Crippen molar-refractivity contribution in [2.75, 3.05) is 6.54 Å². The molecule has 1 saturated carbocycles. The molecule has 0 saturated heterocycles. The van der Waals surface area contributed by atoms with Crippen LogP contribution in [0.5, 0.6) is 0 Å². The van der Waals surface area contributed by atoms with E-state index in [0.717, 1.165) is 32.4 Å². The van der Waals surface area contributed by atoms with Gasteiger partial charge in [0.1, 0.15) is 0 Å². The molecule has 0 unspecified atom stereocenters. The molecule has 0 spiro atoms. The van der Waals surface area contributed by atoms with Gasteiger partial charge in [-0.3, -0.25) is 4.79 Å². The van der Waals surface area contributed by atoms with E-state index < -0.39 is 8.07 Å². The lowest BCUT2D eigenvalue weighted by Gasteiger charge is -2.16. The summed E-state index contributed by atoms with van der Waals surface area (Å²) in [5.41, 5.74) is 1.32. The summed E-state index contributed by atoms with van der Waals surface area (Å²) in [4.78, 5) is 11.5. The topological polar surface area (TPSA) is 41.1 Å². The van der Waals surface area contributed by atoms with Gasteiger partial charge in [0.05, 0.1) is 8.07 Å². The number of rotatable bonds is 8.